The summed E-state index contributed by atoms with van der Waals surface area (Å²) in [5.74, 6) is 0.265. The predicted molar refractivity (Wildman–Crippen MR) is 85.0 cm³/mol. The van der Waals surface area contributed by atoms with Crippen molar-refractivity contribution in [3.8, 4) is 5.75 Å². The van der Waals surface area contributed by atoms with E-state index in [9.17, 15) is 9.59 Å². The summed E-state index contributed by atoms with van der Waals surface area (Å²) in [6, 6.07) is 7.07. The molecule has 1 fully saturated rings. The molecule has 2 amide bonds. The highest BCUT2D eigenvalue weighted by Crippen LogP contribution is 2.17. The Labute approximate surface area is 131 Å². The topological polar surface area (TPSA) is 58.6 Å². The standard InChI is InChI=1S/C17H24N2O3/c1-2-22-15-10-6-5-9-14(15)17(21)18-13-16(20)19-11-7-3-4-8-12-19/h5-6,9-10H,2-4,7-8,11-13H2,1H3,(H,18,21). The zero-order chi connectivity index (χ0) is 15.8. The highest BCUT2D eigenvalue weighted by molar-refractivity contribution is 5.98. The molecular formula is C17H24N2O3. The molecule has 1 aromatic carbocycles. The van der Waals surface area contributed by atoms with Crippen LogP contribution in [0.5, 0.6) is 5.75 Å². The summed E-state index contributed by atoms with van der Waals surface area (Å²) in [6.45, 7) is 4.00. The van der Waals surface area contributed by atoms with Gasteiger partial charge in [0.15, 0.2) is 0 Å². The fourth-order valence-electron chi connectivity index (χ4n) is 2.62. The van der Waals surface area contributed by atoms with Gasteiger partial charge in [-0.05, 0) is 31.9 Å². The van der Waals surface area contributed by atoms with Crippen LogP contribution in [0.1, 0.15) is 43.0 Å². The fourth-order valence-corrected chi connectivity index (χ4v) is 2.62. The molecule has 1 aliphatic rings. The first kappa shape index (κ1) is 16.3. The van der Waals surface area contributed by atoms with E-state index in [1.165, 1.54) is 12.8 Å². The van der Waals surface area contributed by atoms with Crippen molar-refractivity contribution in [3.63, 3.8) is 0 Å². The molecule has 120 valence electrons. The number of ether oxygens (including phenoxy) is 1. The summed E-state index contributed by atoms with van der Waals surface area (Å²) in [5, 5.41) is 2.71. The number of nitrogens with one attached hydrogen (secondary N) is 1. The van der Waals surface area contributed by atoms with E-state index in [0.717, 1.165) is 25.9 Å². The van der Waals surface area contributed by atoms with Crippen LogP contribution in [0.3, 0.4) is 0 Å². The Balaban J connectivity index is 1.90. The van der Waals surface area contributed by atoms with Gasteiger partial charge in [-0.3, -0.25) is 9.59 Å². The maximum atomic E-state index is 12.2. The predicted octanol–water partition coefficient (Wildman–Crippen LogP) is 2.22. The van der Waals surface area contributed by atoms with Gasteiger partial charge in [0.25, 0.3) is 5.91 Å². The Bertz CT molecular complexity index is 508. The highest BCUT2D eigenvalue weighted by Gasteiger charge is 2.17. The molecule has 0 saturated carbocycles. The van der Waals surface area contributed by atoms with E-state index in [0.29, 0.717) is 17.9 Å². The average Bonchev–Trinajstić information content (AvgIpc) is 2.82. The van der Waals surface area contributed by atoms with E-state index in [1.807, 2.05) is 17.9 Å². The number of carbonyl (C=O) groups excluding carboxylic acids is 2. The molecule has 0 unspecified atom stereocenters. The lowest BCUT2D eigenvalue weighted by atomic mass is 10.2. The first-order valence-electron chi connectivity index (χ1n) is 8.00. The molecule has 0 atom stereocenters. The Kier molecular flexibility index (Phi) is 6.25. The monoisotopic (exact) mass is 304 g/mol. The molecule has 0 aromatic heterocycles. The summed E-state index contributed by atoms with van der Waals surface area (Å²) in [5.41, 5.74) is 0.466. The Morgan fingerprint density at radius 3 is 2.50 bits per heavy atom. The van der Waals surface area contributed by atoms with E-state index >= 15 is 0 Å². The molecular weight excluding hydrogens is 280 g/mol. The maximum absolute atomic E-state index is 12.2. The van der Waals surface area contributed by atoms with Crippen LogP contribution in [0.25, 0.3) is 0 Å². The zero-order valence-electron chi connectivity index (χ0n) is 13.1. The van der Waals surface area contributed by atoms with Crippen LogP contribution >= 0.6 is 0 Å². The van der Waals surface area contributed by atoms with E-state index in [-0.39, 0.29) is 18.4 Å². The third-order valence-electron chi connectivity index (χ3n) is 3.79. The number of benzene rings is 1. The Hall–Kier alpha value is -2.04. The normalized spacial score (nSPS) is 15.0. The Morgan fingerprint density at radius 2 is 1.82 bits per heavy atom. The van der Waals surface area contributed by atoms with Crippen LogP contribution in [0, 0.1) is 0 Å². The van der Waals surface area contributed by atoms with Crippen LogP contribution < -0.4 is 10.1 Å². The minimum Gasteiger partial charge on any atom is -0.493 e. The third kappa shape index (κ3) is 4.48. The van der Waals surface area contributed by atoms with E-state index in [1.54, 1.807) is 18.2 Å². The van der Waals surface area contributed by atoms with Gasteiger partial charge in [-0.15, -0.1) is 0 Å². The number of amides is 2. The Morgan fingerprint density at radius 1 is 1.14 bits per heavy atom. The largest absolute Gasteiger partial charge is 0.493 e. The number of nitrogens with zero attached hydrogens (tertiary/aromatic N) is 1. The molecule has 0 radical (unpaired) electrons. The van der Waals surface area contributed by atoms with Crippen molar-refractivity contribution in [3.05, 3.63) is 29.8 Å². The molecule has 1 N–H and O–H groups in total. The second kappa shape index (κ2) is 8.41. The average molecular weight is 304 g/mol. The van der Waals surface area contributed by atoms with Gasteiger partial charge in [-0.25, -0.2) is 0 Å². The van der Waals surface area contributed by atoms with Crippen LogP contribution in [0.2, 0.25) is 0 Å². The first-order chi connectivity index (χ1) is 10.7. The summed E-state index contributed by atoms with van der Waals surface area (Å²) in [4.78, 5) is 26.3. The molecule has 1 aromatic rings. The number of carbonyl (C=O) groups is 2. The minimum atomic E-state index is -0.271. The van der Waals surface area contributed by atoms with Gasteiger partial charge in [0.1, 0.15) is 5.75 Å². The molecule has 1 heterocycles. The third-order valence-corrected chi connectivity index (χ3v) is 3.79. The van der Waals surface area contributed by atoms with E-state index in [4.69, 9.17) is 4.74 Å². The van der Waals surface area contributed by atoms with Crippen molar-refractivity contribution >= 4 is 11.8 Å². The minimum absolute atomic E-state index is 0.0101. The summed E-state index contributed by atoms with van der Waals surface area (Å²) in [6.07, 6.45) is 4.45. The SMILES string of the molecule is CCOc1ccccc1C(=O)NCC(=O)N1CCCCCC1. The van der Waals surface area contributed by atoms with Crippen molar-refractivity contribution in [2.45, 2.75) is 32.6 Å². The van der Waals surface area contributed by atoms with Crippen LogP contribution in [0.15, 0.2) is 24.3 Å². The molecule has 2 rings (SSSR count). The molecule has 1 saturated heterocycles. The van der Waals surface area contributed by atoms with Gasteiger partial charge in [-0.1, -0.05) is 25.0 Å². The van der Waals surface area contributed by atoms with Gasteiger partial charge >= 0.3 is 0 Å². The molecule has 0 aliphatic carbocycles. The van der Waals surface area contributed by atoms with Crippen LogP contribution in [-0.4, -0.2) is 43.0 Å². The van der Waals surface area contributed by atoms with E-state index in [2.05, 4.69) is 5.32 Å². The van der Waals surface area contributed by atoms with Gasteiger partial charge in [-0.2, -0.15) is 0 Å². The van der Waals surface area contributed by atoms with Crippen LogP contribution in [0.4, 0.5) is 0 Å². The fraction of sp³-hybridized carbons (Fsp3) is 0.529. The smallest absolute Gasteiger partial charge is 0.255 e. The lowest BCUT2D eigenvalue weighted by Crippen LogP contribution is -2.40. The summed E-state index contributed by atoms with van der Waals surface area (Å²) in [7, 11) is 0. The molecule has 5 nitrogen and oxygen atoms in total. The van der Waals surface area contributed by atoms with Crippen molar-refractivity contribution in [2.24, 2.45) is 0 Å². The van der Waals surface area contributed by atoms with Crippen LogP contribution in [-0.2, 0) is 4.79 Å². The van der Waals surface area contributed by atoms with Crippen molar-refractivity contribution in [1.29, 1.82) is 0 Å². The van der Waals surface area contributed by atoms with Gasteiger partial charge in [0, 0.05) is 13.1 Å². The van der Waals surface area contributed by atoms with Crippen molar-refractivity contribution < 1.29 is 14.3 Å². The number of para-hydroxylation sites is 1. The molecule has 1 aliphatic heterocycles. The van der Waals surface area contributed by atoms with Crippen molar-refractivity contribution in [1.82, 2.24) is 10.2 Å². The quantitative estimate of drug-likeness (QED) is 0.907. The maximum Gasteiger partial charge on any atom is 0.255 e. The van der Waals surface area contributed by atoms with Gasteiger partial charge in [0.2, 0.25) is 5.91 Å². The first-order valence-corrected chi connectivity index (χ1v) is 8.00. The van der Waals surface area contributed by atoms with Gasteiger partial charge < -0.3 is 15.0 Å². The van der Waals surface area contributed by atoms with Gasteiger partial charge in [0.05, 0.1) is 18.7 Å². The number of hydrogen-bond acceptors (Lipinski definition) is 3. The van der Waals surface area contributed by atoms with Crippen molar-refractivity contribution in [2.75, 3.05) is 26.2 Å². The number of hydrogen-bond donors (Lipinski definition) is 1. The lowest BCUT2D eigenvalue weighted by Gasteiger charge is -2.20. The van der Waals surface area contributed by atoms with E-state index < -0.39 is 0 Å². The molecule has 0 bridgehead atoms. The highest BCUT2D eigenvalue weighted by atomic mass is 16.5. The summed E-state index contributed by atoms with van der Waals surface area (Å²) >= 11 is 0. The molecule has 5 heteroatoms. The molecule has 22 heavy (non-hydrogen) atoms. The second-order valence-electron chi connectivity index (χ2n) is 5.41. The zero-order valence-corrected chi connectivity index (χ0v) is 13.1. The molecule has 0 spiro atoms. The number of rotatable bonds is 5. The summed E-state index contributed by atoms with van der Waals surface area (Å²) < 4.78 is 5.44. The second-order valence-corrected chi connectivity index (χ2v) is 5.41. The lowest BCUT2D eigenvalue weighted by molar-refractivity contribution is -0.130. The number of likely N-dealkylation sites (tertiary alicyclic amines) is 1.